The second kappa shape index (κ2) is 8.02. The van der Waals surface area contributed by atoms with Crippen LogP contribution in [0.5, 0.6) is 0 Å². The standard InChI is InChI=1S/C22H23N3O4S/c1-12-8-9-15(14(11-12)22(28)29-3)23-19(26)18-13(2)17-20(30-18)24-16-7-5-4-6-10-25(16)21(17)27/h8-9,11H,4-7,10H2,1-3H3,(H,23,26). The molecule has 8 heteroatoms. The predicted molar refractivity (Wildman–Crippen MR) is 117 cm³/mol. The molecule has 0 saturated heterocycles. The number of nitrogens with zero attached hydrogens (tertiary/aromatic N) is 2. The van der Waals surface area contributed by atoms with E-state index in [1.54, 1.807) is 23.6 Å². The van der Waals surface area contributed by atoms with Crippen molar-refractivity contribution in [3.8, 4) is 0 Å². The minimum Gasteiger partial charge on any atom is -0.465 e. The highest BCUT2D eigenvalue weighted by molar-refractivity contribution is 7.20. The van der Waals surface area contributed by atoms with Gasteiger partial charge in [-0.15, -0.1) is 11.3 Å². The van der Waals surface area contributed by atoms with Crippen LogP contribution in [0.25, 0.3) is 10.2 Å². The number of carbonyl (C=O) groups excluding carboxylic acids is 2. The van der Waals surface area contributed by atoms with Gasteiger partial charge in [0.05, 0.1) is 28.6 Å². The minimum atomic E-state index is -0.522. The number of anilines is 1. The zero-order chi connectivity index (χ0) is 21.4. The van der Waals surface area contributed by atoms with Gasteiger partial charge in [0.2, 0.25) is 0 Å². The third-order valence-electron chi connectivity index (χ3n) is 5.45. The van der Waals surface area contributed by atoms with Gasteiger partial charge in [0, 0.05) is 13.0 Å². The molecule has 0 fully saturated rings. The zero-order valence-corrected chi connectivity index (χ0v) is 18.0. The average molecular weight is 426 g/mol. The van der Waals surface area contributed by atoms with Gasteiger partial charge in [-0.25, -0.2) is 9.78 Å². The fourth-order valence-corrected chi connectivity index (χ4v) is 4.94. The van der Waals surface area contributed by atoms with Gasteiger partial charge in [-0.2, -0.15) is 0 Å². The van der Waals surface area contributed by atoms with Crippen LogP contribution < -0.4 is 10.9 Å². The first kappa shape index (κ1) is 20.3. The topological polar surface area (TPSA) is 90.3 Å². The maximum absolute atomic E-state index is 13.1. The molecule has 1 N–H and O–H groups in total. The molecule has 0 saturated carbocycles. The number of ether oxygens (including phenoxy) is 1. The van der Waals surface area contributed by atoms with Crippen LogP contribution in [0.3, 0.4) is 0 Å². The molecule has 1 amide bonds. The van der Waals surface area contributed by atoms with Crippen LogP contribution in [0.4, 0.5) is 5.69 Å². The highest BCUT2D eigenvalue weighted by atomic mass is 32.1. The Hall–Kier alpha value is -3.00. The van der Waals surface area contributed by atoms with Crippen LogP contribution >= 0.6 is 11.3 Å². The fraction of sp³-hybridized carbons (Fsp3) is 0.364. The molecule has 3 heterocycles. The first-order valence-electron chi connectivity index (χ1n) is 9.94. The summed E-state index contributed by atoms with van der Waals surface area (Å²) in [6.07, 6.45) is 3.83. The number of aromatic nitrogens is 2. The molecule has 1 aromatic carbocycles. The quantitative estimate of drug-likeness (QED) is 0.644. The van der Waals surface area contributed by atoms with Crippen molar-refractivity contribution in [3.05, 3.63) is 55.9 Å². The lowest BCUT2D eigenvalue weighted by molar-refractivity contribution is 0.0602. The number of carbonyl (C=O) groups is 2. The molecule has 4 rings (SSSR count). The summed E-state index contributed by atoms with van der Waals surface area (Å²) in [5.41, 5.74) is 2.08. The maximum atomic E-state index is 13.1. The van der Waals surface area contributed by atoms with E-state index in [-0.39, 0.29) is 17.0 Å². The Morgan fingerprint density at radius 1 is 1.20 bits per heavy atom. The van der Waals surface area contributed by atoms with E-state index in [9.17, 15) is 14.4 Å². The molecule has 2 aromatic heterocycles. The molecule has 0 aliphatic carbocycles. The third-order valence-corrected chi connectivity index (χ3v) is 6.63. The summed E-state index contributed by atoms with van der Waals surface area (Å²) in [5, 5.41) is 3.31. The van der Waals surface area contributed by atoms with Crippen molar-refractivity contribution in [2.75, 3.05) is 12.4 Å². The van der Waals surface area contributed by atoms with E-state index < -0.39 is 5.97 Å². The normalized spacial score (nSPS) is 13.6. The molecule has 0 atom stereocenters. The first-order valence-corrected chi connectivity index (χ1v) is 10.8. The smallest absolute Gasteiger partial charge is 0.339 e. The number of nitrogens with one attached hydrogen (secondary N) is 1. The minimum absolute atomic E-state index is 0.0738. The van der Waals surface area contributed by atoms with Gasteiger partial charge in [-0.3, -0.25) is 14.2 Å². The lowest BCUT2D eigenvalue weighted by Crippen LogP contribution is -2.24. The van der Waals surface area contributed by atoms with E-state index in [2.05, 4.69) is 5.32 Å². The zero-order valence-electron chi connectivity index (χ0n) is 17.2. The highest BCUT2D eigenvalue weighted by Crippen LogP contribution is 2.29. The van der Waals surface area contributed by atoms with E-state index in [1.165, 1.54) is 18.4 Å². The van der Waals surface area contributed by atoms with E-state index in [0.717, 1.165) is 37.1 Å². The largest absolute Gasteiger partial charge is 0.465 e. The number of thiophene rings is 1. The van der Waals surface area contributed by atoms with Crippen molar-refractivity contribution >= 4 is 39.1 Å². The molecule has 156 valence electrons. The molecule has 0 radical (unpaired) electrons. The van der Waals surface area contributed by atoms with Crippen LogP contribution in [0.1, 0.15) is 56.2 Å². The number of benzene rings is 1. The Labute approximate surface area is 177 Å². The Balaban J connectivity index is 1.75. The van der Waals surface area contributed by atoms with Crippen molar-refractivity contribution in [2.24, 2.45) is 0 Å². The van der Waals surface area contributed by atoms with Gasteiger partial charge in [-0.1, -0.05) is 18.1 Å². The van der Waals surface area contributed by atoms with Crippen LogP contribution in [0.15, 0.2) is 23.0 Å². The van der Waals surface area contributed by atoms with Crippen molar-refractivity contribution in [2.45, 2.75) is 46.1 Å². The Morgan fingerprint density at radius 3 is 2.77 bits per heavy atom. The molecule has 30 heavy (non-hydrogen) atoms. The van der Waals surface area contributed by atoms with Crippen LogP contribution in [0, 0.1) is 13.8 Å². The number of hydrogen-bond donors (Lipinski definition) is 1. The molecule has 3 aromatic rings. The van der Waals surface area contributed by atoms with Crippen molar-refractivity contribution in [1.29, 1.82) is 0 Å². The number of fused-ring (bicyclic) bond motifs is 2. The fourth-order valence-electron chi connectivity index (χ4n) is 3.85. The molecular formula is C22H23N3O4S. The summed E-state index contributed by atoms with van der Waals surface area (Å²) in [6.45, 7) is 4.30. The number of amides is 1. The van der Waals surface area contributed by atoms with Gasteiger partial charge in [0.25, 0.3) is 11.5 Å². The number of aryl methyl sites for hydroxylation is 3. The Morgan fingerprint density at radius 2 is 2.00 bits per heavy atom. The van der Waals surface area contributed by atoms with Crippen LogP contribution in [-0.4, -0.2) is 28.5 Å². The number of esters is 1. The van der Waals surface area contributed by atoms with Crippen LogP contribution in [-0.2, 0) is 17.7 Å². The Bertz CT molecular complexity index is 1230. The van der Waals surface area contributed by atoms with Gasteiger partial charge in [-0.05, 0) is 44.4 Å². The second-order valence-corrected chi connectivity index (χ2v) is 8.53. The van der Waals surface area contributed by atoms with E-state index in [1.807, 2.05) is 13.0 Å². The van der Waals surface area contributed by atoms with Gasteiger partial charge in [0.15, 0.2) is 0 Å². The lowest BCUT2D eigenvalue weighted by atomic mass is 10.1. The van der Waals surface area contributed by atoms with E-state index >= 15 is 0 Å². The first-order chi connectivity index (χ1) is 14.4. The predicted octanol–water partition coefficient (Wildman–Crippen LogP) is 3.84. The molecule has 1 aliphatic rings. The van der Waals surface area contributed by atoms with Gasteiger partial charge in [0.1, 0.15) is 10.7 Å². The van der Waals surface area contributed by atoms with Crippen molar-refractivity contribution in [3.63, 3.8) is 0 Å². The molecule has 0 spiro atoms. The lowest BCUT2D eigenvalue weighted by Gasteiger charge is -2.10. The number of methoxy groups -OCH3 is 1. The summed E-state index contributed by atoms with van der Waals surface area (Å²) >= 11 is 1.22. The Kier molecular flexibility index (Phi) is 5.42. The van der Waals surface area contributed by atoms with Gasteiger partial charge >= 0.3 is 5.97 Å². The molecular weight excluding hydrogens is 402 g/mol. The van der Waals surface area contributed by atoms with Crippen molar-refractivity contribution < 1.29 is 14.3 Å². The second-order valence-electron chi connectivity index (χ2n) is 7.53. The van der Waals surface area contributed by atoms with Crippen molar-refractivity contribution in [1.82, 2.24) is 9.55 Å². The summed E-state index contributed by atoms with van der Waals surface area (Å²) < 4.78 is 6.59. The average Bonchev–Trinajstić information content (AvgIpc) is 2.89. The summed E-state index contributed by atoms with van der Waals surface area (Å²) in [7, 11) is 1.30. The van der Waals surface area contributed by atoms with Crippen LogP contribution in [0.2, 0.25) is 0 Å². The number of hydrogen-bond acceptors (Lipinski definition) is 6. The molecule has 0 unspecified atom stereocenters. The monoisotopic (exact) mass is 425 g/mol. The molecule has 1 aliphatic heterocycles. The highest BCUT2D eigenvalue weighted by Gasteiger charge is 2.23. The SMILES string of the molecule is COC(=O)c1cc(C)ccc1NC(=O)c1sc2nc3n(c(=O)c2c1C)CCCCC3. The summed E-state index contributed by atoms with van der Waals surface area (Å²) in [4.78, 5) is 44.0. The number of rotatable bonds is 3. The van der Waals surface area contributed by atoms with Gasteiger partial charge < -0.3 is 10.1 Å². The molecule has 7 nitrogen and oxygen atoms in total. The van der Waals surface area contributed by atoms with E-state index in [0.29, 0.717) is 32.9 Å². The summed E-state index contributed by atoms with van der Waals surface area (Å²) in [5.74, 6) is -0.0977. The maximum Gasteiger partial charge on any atom is 0.339 e. The molecule has 0 bridgehead atoms. The summed E-state index contributed by atoms with van der Waals surface area (Å²) in [6, 6.07) is 5.16. The van der Waals surface area contributed by atoms with E-state index in [4.69, 9.17) is 9.72 Å². The third kappa shape index (κ3) is 3.52.